The Hall–Kier alpha value is -1.39. The van der Waals surface area contributed by atoms with Gasteiger partial charge >= 0.3 is 5.69 Å². The summed E-state index contributed by atoms with van der Waals surface area (Å²) in [6.07, 6.45) is 1.83. The molecule has 0 saturated heterocycles. The van der Waals surface area contributed by atoms with Crippen molar-refractivity contribution in [2.75, 3.05) is 0 Å². The minimum atomic E-state index is -0.253. The minimum Gasteiger partial charge on any atom is -0.298 e. The summed E-state index contributed by atoms with van der Waals surface area (Å²) in [6.45, 7) is 1.84. The Morgan fingerprint density at radius 1 is 1.67 bits per heavy atom. The molecule has 0 fully saturated rings. The fourth-order valence-corrected chi connectivity index (χ4v) is 0.808. The highest BCUT2D eigenvalue weighted by Crippen LogP contribution is 1.83. The van der Waals surface area contributed by atoms with Crippen LogP contribution in [0.3, 0.4) is 0 Å². The molecule has 0 aliphatic heterocycles. The Labute approximate surface area is 69.6 Å². The zero-order valence-electron chi connectivity index (χ0n) is 7.15. The van der Waals surface area contributed by atoms with E-state index in [2.05, 4.69) is 5.10 Å². The van der Waals surface area contributed by atoms with Gasteiger partial charge in [0.25, 0.3) is 0 Å². The highest BCUT2D eigenvalue weighted by atomic mass is 16.2. The second kappa shape index (κ2) is 3.34. The maximum absolute atomic E-state index is 11.1. The molecule has 0 spiro atoms. The Kier molecular flexibility index (Phi) is 2.42. The topological polar surface area (TPSA) is 56.9 Å². The Bertz CT molecular complexity index is 337. The van der Waals surface area contributed by atoms with Crippen molar-refractivity contribution in [3.63, 3.8) is 0 Å². The number of hydrogen-bond donors (Lipinski definition) is 0. The number of ketones is 1. The smallest absolute Gasteiger partial charge is 0.298 e. The molecule has 0 unspecified atom stereocenters. The van der Waals surface area contributed by atoms with E-state index in [1.54, 1.807) is 14.0 Å². The van der Waals surface area contributed by atoms with Crippen LogP contribution in [-0.4, -0.2) is 20.1 Å². The van der Waals surface area contributed by atoms with Crippen molar-refractivity contribution in [3.05, 3.63) is 16.8 Å². The second-order valence-corrected chi connectivity index (χ2v) is 2.57. The van der Waals surface area contributed by atoms with E-state index in [0.717, 1.165) is 4.68 Å². The number of hydrogen-bond acceptors (Lipinski definition) is 3. The fourth-order valence-electron chi connectivity index (χ4n) is 0.808. The van der Waals surface area contributed by atoms with Crippen LogP contribution in [0.4, 0.5) is 0 Å². The zero-order chi connectivity index (χ0) is 9.14. The lowest BCUT2D eigenvalue weighted by atomic mass is 10.3. The summed E-state index contributed by atoms with van der Waals surface area (Å²) in [7, 11) is 1.60. The van der Waals surface area contributed by atoms with Gasteiger partial charge in [-0.15, -0.1) is 0 Å². The van der Waals surface area contributed by atoms with Crippen molar-refractivity contribution in [3.8, 4) is 0 Å². The molecule has 12 heavy (non-hydrogen) atoms. The molecule has 0 amide bonds. The first-order valence-corrected chi connectivity index (χ1v) is 3.75. The molecule has 1 aromatic heterocycles. The first kappa shape index (κ1) is 8.70. The molecule has 0 saturated carbocycles. The lowest BCUT2D eigenvalue weighted by molar-refractivity contribution is -0.119. The van der Waals surface area contributed by atoms with Crippen LogP contribution in [-0.2, 0) is 18.4 Å². The van der Waals surface area contributed by atoms with Crippen LogP contribution in [0.2, 0.25) is 0 Å². The highest BCUT2D eigenvalue weighted by molar-refractivity contribution is 5.77. The van der Waals surface area contributed by atoms with E-state index in [0.29, 0.717) is 6.42 Å². The first-order chi connectivity index (χ1) is 5.65. The predicted molar refractivity (Wildman–Crippen MR) is 42.8 cm³/mol. The van der Waals surface area contributed by atoms with E-state index in [4.69, 9.17) is 0 Å². The predicted octanol–water partition coefficient (Wildman–Crippen LogP) is -0.439. The van der Waals surface area contributed by atoms with Gasteiger partial charge < -0.3 is 0 Å². The molecule has 1 heterocycles. The maximum Gasteiger partial charge on any atom is 0.345 e. The van der Waals surface area contributed by atoms with Crippen molar-refractivity contribution >= 4 is 5.78 Å². The summed E-state index contributed by atoms with van der Waals surface area (Å²) in [5.41, 5.74) is -0.253. The van der Waals surface area contributed by atoms with E-state index < -0.39 is 0 Å². The molecule has 5 nitrogen and oxygen atoms in total. The molecule has 66 valence electrons. The number of rotatable bonds is 3. The van der Waals surface area contributed by atoms with Crippen LogP contribution < -0.4 is 5.69 Å². The van der Waals surface area contributed by atoms with Crippen LogP contribution in [0.15, 0.2) is 11.1 Å². The standard InChI is InChI=1S/C7H11N3O2/c1-3-6(11)4-10-7(12)9(2)5-8-10/h5H,3-4H2,1-2H3. The molecule has 5 heteroatoms. The third-order valence-corrected chi connectivity index (χ3v) is 1.61. The van der Waals surface area contributed by atoms with Crippen molar-refractivity contribution in [2.24, 2.45) is 7.05 Å². The van der Waals surface area contributed by atoms with Gasteiger partial charge in [-0.2, -0.15) is 5.10 Å². The molecule has 0 aromatic carbocycles. The molecule has 0 aliphatic carbocycles. The Balaban J connectivity index is 2.83. The van der Waals surface area contributed by atoms with Gasteiger partial charge in [-0.3, -0.25) is 9.36 Å². The van der Waals surface area contributed by atoms with Crippen molar-refractivity contribution in [1.29, 1.82) is 0 Å². The van der Waals surface area contributed by atoms with Crippen molar-refractivity contribution < 1.29 is 4.79 Å². The van der Waals surface area contributed by atoms with E-state index >= 15 is 0 Å². The van der Waals surface area contributed by atoms with Gasteiger partial charge in [0, 0.05) is 13.5 Å². The quantitative estimate of drug-likeness (QED) is 0.616. The summed E-state index contributed by atoms with van der Waals surface area (Å²) in [4.78, 5) is 22.1. The molecule has 1 aromatic rings. The van der Waals surface area contributed by atoms with E-state index in [-0.39, 0.29) is 18.0 Å². The van der Waals surface area contributed by atoms with Crippen LogP contribution in [0.1, 0.15) is 13.3 Å². The largest absolute Gasteiger partial charge is 0.345 e. The van der Waals surface area contributed by atoms with Gasteiger partial charge in [0.15, 0.2) is 5.78 Å². The number of aryl methyl sites for hydroxylation is 1. The van der Waals surface area contributed by atoms with Gasteiger partial charge in [0.2, 0.25) is 0 Å². The molecular formula is C7H11N3O2. The fraction of sp³-hybridized carbons (Fsp3) is 0.571. The lowest BCUT2D eigenvalue weighted by Gasteiger charge is -1.94. The number of carbonyl (C=O) groups is 1. The summed E-state index contributed by atoms with van der Waals surface area (Å²) < 4.78 is 2.49. The molecule has 0 radical (unpaired) electrons. The zero-order valence-corrected chi connectivity index (χ0v) is 7.15. The molecule has 0 N–H and O–H groups in total. The van der Waals surface area contributed by atoms with E-state index in [9.17, 15) is 9.59 Å². The third-order valence-electron chi connectivity index (χ3n) is 1.61. The Morgan fingerprint density at radius 3 is 2.75 bits per heavy atom. The van der Waals surface area contributed by atoms with Gasteiger partial charge in [0.1, 0.15) is 12.9 Å². The van der Waals surface area contributed by atoms with Crippen LogP contribution in [0.5, 0.6) is 0 Å². The number of aromatic nitrogens is 3. The van der Waals surface area contributed by atoms with Gasteiger partial charge in [0.05, 0.1) is 0 Å². The average Bonchev–Trinajstić information content (AvgIpc) is 2.36. The van der Waals surface area contributed by atoms with Gasteiger partial charge in [-0.1, -0.05) is 6.92 Å². The van der Waals surface area contributed by atoms with Crippen LogP contribution >= 0.6 is 0 Å². The number of nitrogens with zero attached hydrogens (tertiary/aromatic N) is 3. The molecule has 0 bridgehead atoms. The van der Waals surface area contributed by atoms with Crippen molar-refractivity contribution in [1.82, 2.24) is 14.3 Å². The molecule has 1 rings (SSSR count). The number of Topliss-reactive ketones (excluding diaryl/α,β-unsaturated/α-hetero) is 1. The number of carbonyl (C=O) groups excluding carboxylic acids is 1. The SMILES string of the molecule is CCC(=O)Cn1ncn(C)c1=O. The van der Waals surface area contributed by atoms with E-state index in [1.807, 2.05) is 0 Å². The first-order valence-electron chi connectivity index (χ1n) is 3.75. The van der Waals surface area contributed by atoms with Crippen LogP contribution in [0.25, 0.3) is 0 Å². The van der Waals surface area contributed by atoms with E-state index in [1.165, 1.54) is 10.9 Å². The third kappa shape index (κ3) is 1.61. The summed E-state index contributed by atoms with van der Waals surface area (Å²) in [5, 5.41) is 3.75. The summed E-state index contributed by atoms with van der Waals surface area (Å²) in [6, 6.07) is 0. The lowest BCUT2D eigenvalue weighted by Crippen LogP contribution is -2.26. The van der Waals surface area contributed by atoms with Crippen molar-refractivity contribution in [2.45, 2.75) is 19.9 Å². The maximum atomic E-state index is 11.1. The highest BCUT2D eigenvalue weighted by Gasteiger charge is 2.04. The molecule has 0 atom stereocenters. The molecule has 0 aliphatic rings. The minimum absolute atomic E-state index is 0.0100. The van der Waals surface area contributed by atoms with Gasteiger partial charge in [-0.25, -0.2) is 9.48 Å². The average molecular weight is 169 g/mol. The van der Waals surface area contributed by atoms with Crippen LogP contribution in [0, 0.1) is 0 Å². The monoisotopic (exact) mass is 169 g/mol. The summed E-state index contributed by atoms with van der Waals surface area (Å²) in [5.74, 6) is 0.0100. The molecular weight excluding hydrogens is 158 g/mol. The van der Waals surface area contributed by atoms with Gasteiger partial charge in [-0.05, 0) is 0 Å². The summed E-state index contributed by atoms with van der Waals surface area (Å²) >= 11 is 0. The second-order valence-electron chi connectivity index (χ2n) is 2.57. The normalized spacial score (nSPS) is 10.2. The Morgan fingerprint density at radius 2 is 2.33 bits per heavy atom.